The van der Waals surface area contributed by atoms with Gasteiger partial charge in [-0.15, -0.1) is 11.3 Å². The van der Waals surface area contributed by atoms with E-state index in [-0.39, 0.29) is 17.5 Å². The summed E-state index contributed by atoms with van der Waals surface area (Å²) in [5, 5.41) is 5.83. The lowest BCUT2D eigenvalue weighted by atomic mass is 9.97. The Morgan fingerprint density at radius 1 is 1.59 bits per heavy atom. The SMILES string of the molecule is CNC1CCCC(C)(C)N(c2nccs2)C1=O. The molecule has 1 N–H and O–H groups in total. The van der Waals surface area contributed by atoms with E-state index in [4.69, 9.17) is 0 Å². The molecule has 1 atom stereocenters. The van der Waals surface area contributed by atoms with Gasteiger partial charge in [0.05, 0.1) is 6.04 Å². The molecule has 0 spiro atoms. The topological polar surface area (TPSA) is 45.2 Å². The van der Waals surface area contributed by atoms with Gasteiger partial charge in [0.25, 0.3) is 0 Å². The van der Waals surface area contributed by atoms with Gasteiger partial charge >= 0.3 is 0 Å². The number of aromatic nitrogens is 1. The number of carbonyl (C=O) groups excluding carboxylic acids is 1. The van der Waals surface area contributed by atoms with Crippen LogP contribution in [-0.2, 0) is 4.79 Å². The summed E-state index contributed by atoms with van der Waals surface area (Å²) >= 11 is 1.52. The van der Waals surface area contributed by atoms with Gasteiger partial charge in [-0.2, -0.15) is 0 Å². The highest BCUT2D eigenvalue weighted by Gasteiger charge is 2.39. The normalized spacial score (nSPS) is 24.8. The number of nitrogens with zero attached hydrogens (tertiary/aromatic N) is 2. The van der Waals surface area contributed by atoms with Crippen molar-refractivity contribution in [2.75, 3.05) is 11.9 Å². The number of hydrogen-bond donors (Lipinski definition) is 1. The Morgan fingerprint density at radius 2 is 2.35 bits per heavy atom. The van der Waals surface area contributed by atoms with Crippen LogP contribution in [0.2, 0.25) is 0 Å². The zero-order valence-electron chi connectivity index (χ0n) is 10.6. The molecular weight excluding hydrogens is 234 g/mol. The van der Waals surface area contributed by atoms with E-state index >= 15 is 0 Å². The van der Waals surface area contributed by atoms with E-state index in [0.717, 1.165) is 24.4 Å². The van der Waals surface area contributed by atoms with Crippen molar-refractivity contribution in [3.63, 3.8) is 0 Å². The van der Waals surface area contributed by atoms with Crippen molar-refractivity contribution in [3.8, 4) is 0 Å². The number of hydrogen-bond acceptors (Lipinski definition) is 4. The molecule has 1 aliphatic heterocycles. The van der Waals surface area contributed by atoms with Crippen molar-refractivity contribution in [1.29, 1.82) is 0 Å². The molecule has 0 aliphatic carbocycles. The molecule has 17 heavy (non-hydrogen) atoms. The standard InChI is InChI=1S/C12H19N3OS/c1-12(2)6-4-5-9(13-3)10(16)15(12)11-14-7-8-17-11/h7-9,13H,4-6H2,1-3H3. The second-order valence-corrected chi connectivity index (χ2v) is 5.91. The quantitative estimate of drug-likeness (QED) is 0.877. The van der Waals surface area contributed by atoms with E-state index in [1.54, 1.807) is 6.20 Å². The molecule has 1 aromatic heterocycles. The third kappa shape index (κ3) is 2.35. The molecule has 1 aromatic rings. The third-order valence-electron chi connectivity index (χ3n) is 3.36. The van der Waals surface area contributed by atoms with Gasteiger partial charge < -0.3 is 5.32 Å². The van der Waals surface area contributed by atoms with Gasteiger partial charge in [0.2, 0.25) is 5.91 Å². The average molecular weight is 253 g/mol. The highest BCUT2D eigenvalue weighted by molar-refractivity contribution is 7.13. The molecule has 1 unspecified atom stereocenters. The van der Waals surface area contributed by atoms with Crippen molar-refractivity contribution >= 4 is 22.4 Å². The van der Waals surface area contributed by atoms with Crippen LogP contribution >= 0.6 is 11.3 Å². The average Bonchev–Trinajstić information content (AvgIpc) is 2.73. The van der Waals surface area contributed by atoms with Crippen LogP contribution in [0.25, 0.3) is 0 Å². The molecule has 0 aromatic carbocycles. The molecule has 0 bridgehead atoms. The van der Waals surface area contributed by atoms with E-state index in [2.05, 4.69) is 24.1 Å². The molecule has 5 heteroatoms. The van der Waals surface area contributed by atoms with Gasteiger partial charge in [-0.25, -0.2) is 4.98 Å². The number of rotatable bonds is 2. The summed E-state index contributed by atoms with van der Waals surface area (Å²) in [6.45, 7) is 4.23. The predicted molar refractivity (Wildman–Crippen MR) is 70.4 cm³/mol. The summed E-state index contributed by atoms with van der Waals surface area (Å²) < 4.78 is 0. The van der Waals surface area contributed by atoms with E-state index in [1.807, 2.05) is 17.3 Å². The molecule has 94 valence electrons. The first kappa shape index (κ1) is 12.5. The first-order chi connectivity index (χ1) is 8.06. The smallest absolute Gasteiger partial charge is 0.246 e. The first-order valence-corrected chi connectivity index (χ1v) is 6.85. The summed E-state index contributed by atoms with van der Waals surface area (Å²) in [6.07, 6.45) is 4.73. The van der Waals surface area contributed by atoms with Crippen molar-refractivity contribution in [2.24, 2.45) is 0 Å². The van der Waals surface area contributed by atoms with Gasteiger partial charge in [-0.3, -0.25) is 9.69 Å². The summed E-state index contributed by atoms with van der Waals surface area (Å²) in [5.74, 6) is 0.143. The van der Waals surface area contributed by atoms with Crippen LogP contribution in [0, 0.1) is 0 Å². The Hall–Kier alpha value is -0.940. The lowest BCUT2D eigenvalue weighted by molar-refractivity contribution is -0.121. The number of amides is 1. The van der Waals surface area contributed by atoms with Gasteiger partial charge in [-0.1, -0.05) is 0 Å². The van der Waals surface area contributed by atoms with E-state index in [0.29, 0.717) is 0 Å². The molecular formula is C12H19N3OS. The molecule has 4 nitrogen and oxygen atoms in total. The zero-order valence-corrected chi connectivity index (χ0v) is 11.4. The van der Waals surface area contributed by atoms with Crippen LogP contribution in [0.1, 0.15) is 33.1 Å². The van der Waals surface area contributed by atoms with E-state index < -0.39 is 0 Å². The van der Waals surface area contributed by atoms with Crippen molar-refractivity contribution < 1.29 is 4.79 Å². The van der Waals surface area contributed by atoms with Crippen LogP contribution in [0.3, 0.4) is 0 Å². The molecule has 2 rings (SSSR count). The van der Waals surface area contributed by atoms with Gasteiger partial charge in [0.1, 0.15) is 0 Å². The molecule has 0 saturated carbocycles. The predicted octanol–water partition coefficient (Wildman–Crippen LogP) is 2.03. The molecule has 1 saturated heterocycles. The van der Waals surface area contributed by atoms with Crippen LogP contribution in [0.5, 0.6) is 0 Å². The molecule has 1 aliphatic rings. The minimum atomic E-state index is -0.152. The first-order valence-electron chi connectivity index (χ1n) is 5.97. The van der Waals surface area contributed by atoms with Crippen molar-refractivity contribution in [1.82, 2.24) is 10.3 Å². The fourth-order valence-corrected chi connectivity index (χ4v) is 3.18. The second-order valence-electron chi connectivity index (χ2n) is 5.03. The fraction of sp³-hybridized carbons (Fsp3) is 0.667. The third-order valence-corrected chi connectivity index (χ3v) is 4.12. The van der Waals surface area contributed by atoms with Crippen molar-refractivity contribution in [3.05, 3.63) is 11.6 Å². The highest BCUT2D eigenvalue weighted by Crippen LogP contribution is 2.33. The summed E-state index contributed by atoms with van der Waals surface area (Å²) in [6, 6.07) is -0.0827. The second kappa shape index (κ2) is 4.74. The van der Waals surface area contributed by atoms with Crippen LogP contribution < -0.4 is 10.2 Å². The summed E-state index contributed by atoms with van der Waals surface area (Å²) in [7, 11) is 1.85. The van der Waals surface area contributed by atoms with Crippen LogP contribution in [0.4, 0.5) is 5.13 Å². The van der Waals surface area contributed by atoms with Crippen LogP contribution in [0.15, 0.2) is 11.6 Å². The Balaban J connectivity index is 2.37. The summed E-state index contributed by atoms with van der Waals surface area (Å²) in [4.78, 5) is 18.7. The fourth-order valence-electron chi connectivity index (χ4n) is 2.38. The number of nitrogens with one attached hydrogen (secondary N) is 1. The van der Waals surface area contributed by atoms with Gasteiger partial charge in [0.15, 0.2) is 5.13 Å². The molecule has 1 fully saturated rings. The molecule has 2 heterocycles. The highest BCUT2D eigenvalue weighted by atomic mass is 32.1. The van der Waals surface area contributed by atoms with Crippen LogP contribution in [-0.4, -0.2) is 29.5 Å². The minimum Gasteiger partial charge on any atom is -0.309 e. The Kier molecular flexibility index (Phi) is 3.49. The van der Waals surface area contributed by atoms with E-state index in [9.17, 15) is 4.79 Å². The minimum absolute atomic E-state index is 0.0827. The largest absolute Gasteiger partial charge is 0.309 e. The Labute approximate surface area is 106 Å². The van der Waals surface area contributed by atoms with E-state index in [1.165, 1.54) is 11.3 Å². The number of anilines is 1. The number of thiazole rings is 1. The summed E-state index contributed by atoms with van der Waals surface area (Å²) in [5.41, 5.74) is -0.152. The maximum absolute atomic E-state index is 12.5. The number of carbonyl (C=O) groups is 1. The monoisotopic (exact) mass is 253 g/mol. The Bertz CT molecular complexity index is 388. The van der Waals surface area contributed by atoms with Crippen molar-refractivity contribution in [2.45, 2.75) is 44.7 Å². The zero-order chi connectivity index (χ0) is 12.5. The maximum atomic E-state index is 12.5. The number of likely N-dealkylation sites (N-methyl/N-ethyl adjacent to an activating group) is 1. The lowest BCUT2D eigenvalue weighted by Gasteiger charge is -2.36. The lowest BCUT2D eigenvalue weighted by Crippen LogP contribution is -2.52. The molecule has 1 amide bonds. The van der Waals surface area contributed by atoms with Gasteiger partial charge in [-0.05, 0) is 40.2 Å². The maximum Gasteiger partial charge on any atom is 0.246 e. The Morgan fingerprint density at radius 3 is 2.94 bits per heavy atom. The molecule has 0 radical (unpaired) electrons. The van der Waals surface area contributed by atoms with Gasteiger partial charge in [0, 0.05) is 17.1 Å².